The van der Waals surface area contributed by atoms with Crippen LogP contribution in [0, 0.1) is 5.92 Å². The fourth-order valence-electron chi connectivity index (χ4n) is 2.87. The zero-order valence-electron chi connectivity index (χ0n) is 16.2. The molecule has 0 saturated carbocycles. The van der Waals surface area contributed by atoms with E-state index in [1.165, 1.54) is 70.6 Å². The van der Waals surface area contributed by atoms with Gasteiger partial charge in [-0.15, -0.1) is 0 Å². The van der Waals surface area contributed by atoms with E-state index in [0.717, 1.165) is 11.2 Å². The lowest BCUT2D eigenvalue weighted by Gasteiger charge is -2.28. The molecule has 0 aromatic rings. The van der Waals surface area contributed by atoms with E-state index < -0.39 is 0 Å². The van der Waals surface area contributed by atoms with Crippen molar-refractivity contribution in [3.8, 4) is 0 Å². The Morgan fingerprint density at radius 2 is 1.23 bits per heavy atom. The molecular weight excluding hydrogens is 304 g/mol. The maximum absolute atomic E-state index is 2.39. The lowest BCUT2D eigenvalue weighted by Crippen LogP contribution is -2.18. The van der Waals surface area contributed by atoms with Crippen LogP contribution in [0.1, 0.15) is 112 Å². The van der Waals surface area contributed by atoms with E-state index in [9.17, 15) is 0 Å². The van der Waals surface area contributed by atoms with Crippen molar-refractivity contribution < 1.29 is 0 Å². The van der Waals surface area contributed by atoms with Crippen molar-refractivity contribution in [3.63, 3.8) is 0 Å². The molecule has 134 valence electrons. The second kappa shape index (κ2) is 14.1. The molecule has 0 amide bonds. The zero-order chi connectivity index (χ0) is 16.8. The molecule has 2 heteroatoms. The first-order valence-corrected chi connectivity index (χ1v) is 12.0. The molecule has 0 nitrogen and oxygen atoms in total. The molecule has 0 heterocycles. The fourth-order valence-corrected chi connectivity index (χ4v) is 5.96. The Morgan fingerprint density at radius 1 is 0.727 bits per heavy atom. The first kappa shape index (κ1) is 22.7. The molecule has 0 aromatic heterocycles. The summed E-state index contributed by atoms with van der Waals surface area (Å²) < 4.78 is 0.382. The van der Waals surface area contributed by atoms with Gasteiger partial charge in [-0.1, -0.05) is 114 Å². The molecule has 0 unspecified atom stereocenters. The minimum Gasteiger partial charge on any atom is -0.0899 e. The third kappa shape index (κ3) is 13.2. The Kier molecular flexibility index (Phi) is 14.5. The van der Waals surface area contributed by atoms with Crippen LogP contribution in [-0.4, -0.2) is 10.00 Å². The fraction of sp³-hybridized carbons (Fsp3) is 1.00. The van der Waals surface area contributed by atoms with E-state index in [1.807, 2.05) is 0 Å². The molecule has 0 fully saturated rings. The van der Waals surface area contributed by atoms with Crippen molar-refractivity contribution in [1.82, 2.24) is 0 Å². The van der Waals surface area contributed by atoms with Crippen LogP contribution in [0.5, 0.6) is 0 Å². The normalized spacial score (nSPS) is 13.8. The van der Waals surface area contributed by atoms with E-state index in [0.29, 0.717) is 4.75 Å². The second-order valence-corrected chi connectivity index (χ2v) is 11.0. The molecule has 0 saturated heterocycles. The van der Waals surface area contributed by atoms with Gasteiger partial charge in [0.1, 0.15) is 0 Å². The van der Waals surface area contributed by atoms with Gasteiger partial charge in [-0.2, -0.15) is 0 Å². The van der Waals surface area contributed by atoms with Gasteiger partial charge in [0.15, 0.2) is 0 Å². The van der Waals surface area contributed by atoms with Crippen LogP contribution < -0.4 is 0 Å². The van der Waals surface area contributed by atoms with Gasteiger partial charge in [-0.3, -0.25) is 0 Å². The topological polar surface area (TPSA) is 0 Å². The highest BCUT2D eigenvalue weighted by Gasteiger charge is 2.23. The van der Waals surface area contributed by atoms with Crippen molar-refractivity contribution in [3.05, 3.63) is 0 Å². The first-order valence-electron chi connectivity index (χ1n) is 9.79. The Bertz CT molecular complexity index is 220. The first-order chi connectivity index (χ1) is 10.4. The molecule has 0 radical (unpaired) electrons. The lowest BCUT2D eigenvalue weighted by molar-refractivity contribution is 0.390. The largest absolute Gasteiger partial charge is 0.0899 e. The van der Waals surface area contributed by atoms with Crippen LogP contribution in [0.25, 0.3) is 0 Å². The summed E-state index contributed by atoms with van der Waals surface area (Å²) in [5.41, 5.74) is 0. The lowest BCUT2D eigenvalue weighted by atomic mass is 9.90. The van der Waals surface area contributed by atoms with Crippen LogP contribution in [0.4, 0.5) is 0 Å². The van der Waals surface area contributed by atoms with Crippen molar-refractivity contribution >= 4 is 21.6 Å². The number of unbranched alkanes of at least 4 members (excludes halogenated alkanes) is 6. The average Bonchev–Trinajstić information content (AvgIpc) is 2.46. The van der Waals surface area contributed by atoms with Gasteiger partial charge in [0.25, 0.3) is 0 Å². The van der Waals surface area contributed by atoms with Crippen LogP contribution in [-0.2, 0) is 0 Å². The van der Waals surface area contributed by atoms with Crippen molar-refractivity contribution in [2.75, 3.05) is 0 Å². The molecule has 0 rings (SSSR count). The van der Waals surface area contributed by atoms with Gasteiger partial charge in [0.05, 0.1) is 0 Å². The molecule has 0 aliphatic rings. The van der Waals surface area contributed by atoms with Crippen molar-refractivity contribution in [1.29, 1.82) is 0 Å². The third-order valence-corrected chi connectivity index (χ3v) is 8.30. The van der Waals surface area contributed by atoms with Crippen LogP contribution in [0.3, 0.4) is 0 Å². The monoisotopic (exact) mass is 346 g/mol. The minimum atomic E-state index is 0.382. The maximum Gasteiger partial charge on any atom is 0.0179 e. The summed E-state index contributed by atoms with van der Waals surface area (Å²) in [5.74, 6) is 0.943. The summed E-state index contributed by atoms with van der Waals surface area (Å²) in [4.78, 5) is 0. The Morgan fingerprint density at radius 3 is 1.59 bits per heavy atom. The summed E-state index contributed by atoms with van der Waals surface area (Å²) in [7, 11) is 4.28. The third-order valence-electron chi connectivity index (χ3n) is 4.21. The summed E-state index contributed by atoms with van der Waals surface area (Å²) in [6.07, 6.45) is 15.6. The summed E-state index contributed by atoms with van der Waals surface area (Å²) in [6.45, 7) is 14.0. The van der Waals surface area contributed by atoms with Crippen LogP contribution >= 0.6 is 21.6 Å². The van der Waals surface area contributed by atoms with Crippen molar-refractivity contribution in [2.24, 2.45) is 5.92 Å². The molecule has 1 atom stereocenters. The molecule has 0 aliphatic heterocycles. The summed E-state index contributed by atoms with van der Waals surface area (Å²) in [6, 6.07) is 0. The molecule has 0 spiro atoms. The van der Waals surface area contributed by atoms with Crippen LogP contribution in [0.2, 0.25) is 0 Å². The molecule has 0 aromatic carbocycles. The molecular formula is C20H42S2. The number of rotatable bonds is 14. The van der Waals surface area contributed by atoms with E-state index >= 15 is 0 Å². The minimum absolute atomic E-state index is 0.382. The van der Waals surface area contributed by atoms with E-state index in [4.69, 9.17) is 0 Å². The summed E-state index contributed by atoms with van der Waals surface area (Å²) >= 11 is 0. The quantitative estimate of drug-likeness (QED) is 0.228. The molecule has 0 aliphatic carbocycles. The number of hydrogen-bond acceptors (Lipinski definition) is 2. The average molecular weight is 347 g/mol. The smallest absolute Gasteiger partial charge is 0.0179 e. The zero-order valence-corrected chi connectivity index (χ0v) is 17.9. The predicted octanol–water partition coefficient (Wildman–Crippen LogP) is 8.50. The highest BCUT2D eigenvalue weighted by atomic mass is 33.1. The van der Waals surface area contributed by atoms with Gasteiger partial charge in [-0.25, -0.2) is 0 Å². The van der Waals surface area contributed by atoms with Gasteiger partial charge < -0.3 is 0 Å². The Labute approximate surface area is 149 Å². The van der Waals surface area contributed by atoms with E-state index in [2.05, 4.69) is 63.1 Å². The predicted molar refractivity (Wildman–Crippen MR) is 110 cm³/mol. The van der Waals surface area contributed by atoms with Gasteiger partial charge in [-0.05, 0) is 25.2 Å². The van der Waals surface area contributed by atoms with E-state index in [1.54, 1.807) is 0 Å². The SMILES string of the molecule is CCCCCCC(CCCCCC)[C@H](CC)SSC(C)(C)C. The summed E-state index contributed by atoms with van der Waals surface area (Å²) in [5, 5.41) is 0.854. The van der Waals surface area contributed by atoms with Gasteiger partial charge in [0, 0.05) is 10.00 Å². The molecule has 22 heavy (non-hydrogen) atoms. The Balaban J connectivity index is 4.34. The highest BCUT2D eigenvalue weighted by molar-refractivity contribution is 8.77. The van der Waals surface area contributed by atoms with Crippen LogP contribution in [0.15, 0.2) is 0 Å². The number of hydrogen-bond donors (Lipinski definition) is 0. The van der Waals surface area contributed by atoms with Gasteiger partial charge in [0.2, 0.25) is 0 Å². The van der Waals surface area contributed by atoms with E-state index in [-0.39, 0.29) is 0 Å². The Hall–Kier alpha value is 0.700. The second-order valence-electron chi connectivity index (χ2n) is 7.70. The standard InChI is InChI=1S/C20H42S2/c1-7-10-12-14-16-18(17-15-13-11-8-2)19(9-3)21-22-20(4,5)6/h18-19H,7-17H2,1-6H3/t19-/m0/s1. The molecule has 0 N–H and O–H groups in total. The highest BCUT2D eigenvalue weighted by Crippen LogP contribution is 2.43. The van der Waals surface area contributed by atoms with Gasteiger partial charge >= 0.3 is 0 Å². The molecule has 0 bridgehead atoms. The van der Waals surface area contributed by atoms with Crippen molar-refractivity contribution in [2.45, 2.75) is 122 Å². The maximum atomic E-state index is 2.39.